The number of anilines is 1. The molecule has 1 heterocycles. The minimum absolute atomic E-state index is 0.0774. The number of nitro benzene ring substituents is 1. The molecule has 1 saturated heterocycles. The topological polar surface area (TPSA) is 83.7 Å². The highest BCUT2D eigenvalue weighted by Gasteiger charge is 2.25. The standard InChI is InChI=1S/C12H13IN2O4/c13-10-7-9(15(18)19)1-2-11(10)14-5-3-8(4-6-14)12(16)17/h1-2,7-8H,3-6H2,(H,16,17). The van der Waals surface area contributed by atoms with Gasteiger partial charge in [0.25, 0.3) is 5.69 Å². The highest BCUT2D eigenvalue weighted by molar-refractivity contribution is 14.1. The maximum atomic E-state index is 10.9. The number of nitrogens with zero attached hydrogens (tertiary/aromatic N) is 2. The summed E-state index contributed by atoms with van der Waals surface area (Å²) in [6.45, 7) is 1.34. The van der Waals surface area contributed by atoms with E-state index in [-0.39, 0.29) is 11.6 Å². The van der Waals surface area contributed by atoms with E-state index in [1.165, 1.54) is 6.07 Å². The maximum Gasteiger partial charge on any atom is 0.306 e. The molecule has 2 rings (SSSR count). The molecule has 1 aliphatic heterocycles. The first-order chi connectivity index (χ1) is 8.99. The fourth-order valence-electron chi connectivity index (χ4n) is 2.23. The first-order valence-electron chi connectivity index (χ1n) is 5.90. The third kappa shape index (κ3) is 3.14. The Bertz CT molecular complexity index is 512. The van der Waals surface area contributed by atoms with E-state index in [1.54, 1.807) is 12.1 Å². The third-order valence-corrected chi connectivity index (χ3v) is 4.19. The minimum atomic E-state index is -0.738. The molecular weight excluding hydrogens is 363 g/mol. The van der Waals surface area contributed by atoms with Gasteiger partial charge in [0, 0.05) is 28.8 Å². The molecule has 0 aromatic heterocycles. The summed E-state index contributed by atoms with van der Waals surface area (Å²) in [6.07, 6.45) is 1.23. The van der Waals surface area contributed by atoms with Crippen molar-refractivity contribution in [3.63, 3.8) is 0 Å². The van der Waals surface area contributed by atoms with Crippen LogP contribution in [-0.4, -0.2) is 29.1 Å². The molecule has 0 spiro atoms. The van der Waals surface area contributed by atoms with Crippen molar-refractivity contribution in [2.45, 2.75) is 12.8 Å². The number of piperidine rings is 1. The molecule has 0 atom stereocenters. The molecule has 0 aliphatic carbocycles. The van der Waals surface area contributed by atoms with Gasteiger partial charge in [0.2, 0.25) is 0 Å². The van der Waals surface area contributed by atoms with Gasteiger partial charge in [-0.3, -0.25) is 14.9 Å². The number of hydrogen-bond acceptors (Lipinski definition) is 4. The lowest BCUT2D eigenvalue weighted by Crippen LogP contribution is -2.36. The molecular formula is C12H13IN2O4. The van der Waals surface area contributed by atoms with Gasteiger partial charge >= 0.3 is 5.97 Å². The van der Waals surface area contributed by atoms with E-state index in [2.05, 4.69) is 27.5 Å². The zero-order chi connectivity index (χ0) is 14.0. The Hall–Kier alpha value is -1.38. The highest BCUT2D eigenvalue weighted by atomic mass is 127. The van der Waals surface area contributed by atoms with Gasteiger partial charge in [0.1, 0.15) is 0 Å². The number of nitro groups is 1. The molecule has 7 heteroatoms. The van der Waals surface area contributed by atoms with Crippen LogP contribution in [0.1, 0.15) is 12.8 Å². The van der Waals surface area contributed by atoms with Crippen molar-refractivity contribution in [2.75, 3.05) is 18.0 Å². The lowest BCUT2D eigenvalue weighted by atomic mass is 9.97. The van der Waals surface area contributed by atoms with Gasteiger partial charge in [0.05, 0.1) is 16.5 Å². The van der Waals surface area contributed by atoms with Crippen LogP contribution in [-0.2, 0) is 4.79 Å². The first-order valence-corrected chi connectivity index (χ1v) is 6.98. The summed E-state index contributed by atoms with van der Waals surface area (Å²) in [5.41, 5.74) is 1.02. The summed E-state index contributed by atoms with van der Waals surface area (Å²) in [6, 6.07) is 4.76. The molecule has 1 N–H and O–H groups in total. The molecule has 19 heavy (non-hydrogen) atoms. The van der Waals surface area contributed by atoms with Crippen molar-refractivity contribution < 1.29 is 14.8 Å². The lowest BCUT2D eigenvalue weighted by molar-refractivity contribution is -0.384. The molecule has 1 fully saturated rings. The van der Waals surface area contributed by atoms with Crippen LogP contribution in [0, 0.1) is 19.6 Å². The van der Waals surface area contributed by atoms with Crippen molar-refractivity contribution in [1.29, 1.82) is 0 Å². The lowest BCUT2D eigenvalue weighted by Gasteiger charge is -2.32. The molecule has 0 amide bonds. The van der Waals surface area contributed by atoms with Crippen molar-refractivity contribution in [3.05, 3.63) is 31.9 Å². The fourth-order valence-corrected chi connectivity index (χ4v) is 3.07. The van der Waals surface area contributed by atoms with Crippen LogP contribution in [0.3, 0.4) is 0 Å². The summed E-state index contributed by atoms with van der Waals surface area (Å²) in [5.74, 6) is -1.01. The van der Waals surface area contributed by atoms with E-state index >= 15 is 0 Å². The van der Waals surface area contributed by atoms with E-state index in [1.807, 2.05) is 0 Å². The number of hydrogen-bond donors (Lipinski definition) is 1. The van der Waals surface area contributed by atoms with Crippen LogP contribution in [0.25, 0.3) is 0 Å². The second-order valence-electron chi connectivity index (χ2n) is 4.49. The van der Waals surface area contributed by atoms with E-state index in [0.717, 1.165) is 9.26 Å². The zero-order valence-corrected chi connectivity index (χ0v) is 12.2. The van der Waals surface area contributed by atoms with Crippen LogP contribution in [0.4, 0.5) is 11.4 Å². The average molecular weight is 376 g/mol. The molecule has 0 saturated carbocycles. The predicted octanol–water partition coefficient (Wildman–Crippen LogP) is 2.50. The van der Waals surface area contributed by atoms with Crippen LogP contribution in [0.5, 0.6) is 0 Å². The smallest absolute Gasteiger partial charge is 0.306 e. The molecule has 6 nitrogen and oxygen atoms in total. The Labute approximate surface area is 123 Å². The highest BCUT2D eigenvalue weighted by Crippen LogP contribution is 2.30. The number of non-ortho nitro benzene ring substituents is 1. The third-order valence-electron chi connectivity index (χ3n) is 3.33. The zero-order valence-electron chi connectivity index (χ0n) is 10.1. The molecule has 0 unspecified atom stereocenters. The summed E-state index contributed by atoms with van der Waals surface area (Å²) >= 11 is 2.08. The Morgan fingerprint density at radius 1 is 1.42 bits per heavy atom. The molecule has 0 radical (unpaired) electrons. The molecule has 0 bridgehead atoms. The number of halogens is 1. The van der Waals surface area contributed by atoms with E-state index in [0.29, 0.717) is 25.9 Å². The monoisotopic (exact) mass is 376 g/mol. The molecule has 1 aromatic carbocycles. The predicted molar refractivity (Wildman–Crippen MR) is 78.4 cm³/mol. The Balaban J connectivity index is 2.11. The number of aliphatic carboxylic acids is 1. The second-order valence-corrected chi connectivity index (χ2v) is 5.65. The van der Waals surface area contributed by atoms with E-state index in [9.17, 15) is 14.9 Å². The van der Waals surface area contributed by atoms with Gasteiger partial charge in [-0.05, 0) is 41.5 Å². The molecule has 1 aliphatic rings. The van der Waals surface area contributed by atoms with Gasteiger partial charge in [-0.25, -0.2) is 0 Å². The van der Waals surface area contributed by atoms with Crippen LogP contribution in [0.15, 0.2) is 18.2 Å². The van der Waals surface area contributed by atoms with Crippen molar-refractivity contribution in [2.24, 2.45) is 5.92 Å². The van der Waals surface area contributed by atoms with Gasteiger partial charge in [0.15, 0.2) is 0 Å². The van der Waals surface area contributed by atoms with Gasteiger partial charge in [-0.15, -0.1) is 0 Å². The average Bonchev–Trinajstić information content (AvgIpc) is 2.38. The Morgan fingerprint density at radius 3 is 2.53 bits per heavy atom. The van der Waals surface area contributed by atoms with Crippen LogP contribution in [0.2, 0.25) is 0 Å². The second kappa shape index (κ2) is 5.72. The molecule has 102 valence electrons. The number of carbonyl (C=O) groups is 1. The van der Waals surface area contributed by atoms with Gasteiger partial charge in [-0.2, -0.15) is 0 Å². The number of carboxylic acid groups (broad SMARTS) is 1. The number of carboxylic acids is 1. The summed E-state index contributed by atoms with van der Waals surface area (Å²) in [5, 5.41) is 19.6. The summed E-state index contributed by atoms with van der Waals surface area (Å²) in [7, 11) is 0. The van der Waals surface area contributed by atoms with E-state index < -0.39 is 10.9 Å². The van der Waals surface area contributed by atoms with Crippen molar-refractivity contribution >= 4 is 39.9 Å². The minimum Gasteiger partial charge on any atom is -0.481 e. The number of rotatable bonds is 3. The van der Waals surface area contributed by atoms with Crippen molar-refractivity contribution in [3.8, 4) is 0 Å². The summed E-state index contributed by atoms with van der Waals surface area (Å²) in [4.78, 5) is 23.2. The largest absolute Gasteiger partial charge is 0.481 e. The van der Waals surface area contributed by atoms with Crippen LogP contribution >= 0.6 is 22.6 Å². The quantitative estimate of drug-likeness (QED) is 0.498. The van der Waals surface area contributed by atoms with E-state index in [4.69, 9.17) is 5.11 Å². The maximum absolute atomic E-state index is 10.9. The fraction of sp³-hybridized carbons (Fsp3) is 0.417. The SMILES string of the molecule is O=C(O)C1CCN(c2ccc([N+](=O)[O-])cc2I)CC1. The first kappa shape index (κ1) is 14.0. The van der Waals surface area contributed by atoms with Gasteiger partial charge < -0.3 is 10.0 Å². The van der Waals surface area contributed by atoms with Crippen molar-refractivity contribution in [1.82, 2.24) is 0 Å². The normalized spacial score (nSPS) is 16.4. The van der Waals surface area contributed by atoms with Gasteiger partial charge in [-0.1, -0.05) is 0 Å². The Kier molecular flexibility index (Phi) is 4.23. The Morgan fingerprint density at radius 2 is 2.05 bits per heavy atom. The number of benzene rings is 1. The van der Waals surface area contributed by atoms with Crippen LogP contribution < -0.4 is 4.90 Å². The molecule has 1 aromatic rings. The summed E-state index contributed by atoms with van der Waals surface area (Å²) < 4.78 is 0.820.